The van der Waals surface area contributed by atoms with Crippen LogP contribution in [-0.4, -0.2) is 37.3 Å². The fourth-order valence-electron chi connectivity index (χ4n) is 3.80. The molecule has 0 aliphatic carbocycles. The summed E-state index contributed by atoms with van der Waals surface area (Å²) in [5.41, 5.74) is 4.96. The van der Waals surface area contributed by atoms with E-state index in [0.717, 1.165) is 38.3 Å². The van der Waals surface area contributed by atoms with E-state index in [9.17, 15) is 0 Å². The summed E-state index contributed by atoms with van der Waals surface area (Å²) in [4.78, 5) is 6.89. The van der Waals surface area contributed by atoms with Gasteiger partial charge in [-0.1, -0.05) is 30.3 Å². The van der Waals surface area contributed by atoms with Gasteiger partial charge in [-0.3, -0.25) is 9.58 Å². The van der Waals surface area contributed by atoms with E-state index in [1.54, 1.807) is 0 Å². The first kappa shape index (κ1) is 16.1. The van der Waals surface area contributed by atoms with E-state index in [1.807, 2.05) is 12.5 Å². The molecule has 1 aromatic carbocycles. The number of rotatable bonds is 5. The summed E-state index contributed by atoms with van der Waals surface area (Å²) < 4.78 is 4.46. The van der Waals surface area contributed by atoms with Crippen LogP contribution in [0.2, 0.25) is 0 Å². The minimum atomic E-state index is 0.485. The maximum Gasteiger partial charge on any atom is 0.0951 e. The molecule has 0 saturated carbocycles. The Morgan fingerprint density at radius 1 is 1.12 bits per heavy atom. The second-order valence-electron chi connectivity index (χ2n) is 7.05. The molecule has 0 spiro atoms. The molecular formula is C20H25N5. The fourth-order valence-corrected chi connectivity index (χ4v) is 3.80. The highest BCUT2D eigenvalue weighted by atomic mass is 15.3. The van der Waals surface area contributed by atoms with Gasteiger partial charge in [0.1, 0.15) is 0 Å². The Kier molecular flexibility index (Phi) is 4.40. The zero-order valence-corrected chi connectivity index (χ0v) is 15.0. The third kappa shape index (κ3) is 3.51. The number of imidazole rings is 1. The Morgan fingerprint density at radius 3 is 2.72 bits per heavy atom. The van der Waals surface area contributed by atoms with Gasteiger partial charge >= 0.3 is 0 Å². The Hall–Kier alpha value is -2.40. The second-order valence-corrected chi connectivity index (χ2v) is 7.05. The molecule has 1 saturated heterocycles. The summed E-state index contributed by atoms with van der Waals surface area (Å²) >= 11 is 0. The van der Waals surface area contributed by atoms with Crippen LogP contribution in [0.5, 0.6) is 0 Å². The Balaban J connectivity index is 1.42. The summed E-state index contributed by atoms with van der Waals surface area (Å²) in [6.07, 6.45) is 5.10. The van der Waals surface area contributed by atoms with Crippen LogP contribution in [0.1, 0.15) is 35.1 Å². The lowest BCUT2D eigenvalue weighted by Gasteiger charge is -2.18. The van der Waals surface area contributed by atoms with Gasteiger partial charge in [-0.15, -0.1) is 0 Å². The van der Waals surface area contributed by atoms with Crippen molar-refractivity contribution in [2.24, 2.45) is 0 Å². The minimum absolute atomic E-state index is 0.485. The lowest BCUT2D eigenvalue weighted by atomic mass is 10.2. The van der Waals surface area contributed by atoms with Gasteiger partial charge in [0.15, 0.2) is 0 Å². The van der Waals surface area contributed by atoms with E-state index in [0.29, 0.717) is 6.04 Å². The molecule has 5 heteroatoms. The van der Waals surface area contributed by atoms with Gasteiger partial charge in [-0.05, 0) is 31.9 Å². The Morgan fingerprint density at radius 2 is 1.96 bits per heavy atom. The van der Waals surface area contributed by atoms with Crippen molar-refractivity contribution < 1.29 is 0 Å². The predicted octanol–water partition coefficient (Wildman–Crippen LogP) is 3.19. The molecular weight excluding hydrogens is 310 g/mol. The number of hydrogen-bond acceptors (Lipinski definition) is 3. The number of aromatic nitrogens is 4. The highest BCUT2D eigenvalue weighted by molar-refractivity contribution is 5.16. The molecule has 0 amide bonds. The molecule has 0 N–H and O–H groups in total. The van der Waals surface area contributed by atoms with Crippen molar-refractivity contribution in [3.05, 3.63) is 71.6 Å². The number of nitrogens with zero attached hydrogens (tertiary/aromatic N) is 5. The largest absolute Gasteiger partial charge is 0.329 e. The van der Waals surface area contributed by atoms with Crippen LogP contribution in [0.3, 0.4) is 0 Å². The van der Waals surface area contributed by atoms with Crippen molar-refractivity contribution >= 4 is 0 Å². The molecule has 1 fully saturated rings. The third-order valence-corrected chi connectivity index (χ3v) is 5.02. The lowest BCUT2D eigenvalue weighted by Crippen LogP contribution is -2.23. The van der Waals surface area contributed by atoms with E-state index < -0.39 is 0 Å². The van der Waals surface area contributed by atoms with Crippen LogP contribution in [-0.2, 0) is 13.1 Å². The summed E-state index contributed by atoms with van der Waals surface area (Å²) in [6.45, 7) is 8.21. The Bertz CT molecular complexity index is 833. The first-order valence-electron chi connectivity index (χ1n) is 8.97. The van der Waals surface area contributed by atoms with Crippen molar-refractivity contribution in [1.82, 2.24) is 24.2 Å². The van der Waals surface area contributed by atoms with Gasteiger partial charge < -0.3 is 4.57 Å². The van der Waals surface area contributed by atoms with E-state index in [1.165, 1.54) is 17.0 Å². The molecule has 3 aromatic rings. The van der Waals surface area contributed by atoms with Crippen LogP contribution in [0, 0.1) is 13.8 Å². The lowest BCUT2D eigenvalue weighted by molar-refractivity contribution is 0.303. The number of aryl methyl sites for hydroxylation is 2. The van der Waals surface area contributed by atoms with E-state index in [2.05, 4.69) is 74.5 Å². The van der Waals surface area contributed by atoms with Crippen molar-refractivity contribution in [3.63, 3.8) is 0 Å². The van der Waals surface area contributed by atoms with Gasteiger partial charge in [-0.25, -0.2) is 4.98 Å². The number of likely N-dealkylation sites (tertiary alicyclic amines) is 1. The third-order valence-electron chi connectivity index (χ3n) is 5.02. The maximum atomic E-state index is 4.67. The molecule has 3 heterocycles. The smallest absolute Gasteiger partial charge is 0.0951 e. The molecule has 2 aromatic heterocycles. The first-order valence-corrected chi connectivity index (χ1v) is 8.97. The van der Waals surface area contributed by atoms with Gasteiger partial charge in [0.25, 0.3) is 0 Å². The average Bonchev–Trinajstić information content (AvgIpc) is 3.31. The summed E-state index contributed by atoms with van der Waals surface area (Å²) in [5, 5.41) is 4.67. The van der Waals surface area contributed by atoms with Crippen molar-refractivity contribution in [3.8, 4) is 0 Å². The molecule has 1 unspecified atom stereocenters. The first-order chi connectivity index (χ1) is 12.2. The van der Waals surface area contributed by atoms with Crippen molar-refractivity contribution in [1.29, 1.82) is 0 Å². The molecule has 1 aliphatic rings. The topological polar surface area (TPSA) is 38.9 Å². The van der Waals surface area contributed by atoms with Gasteiger partial charge in [0, 0.05) is 38.1 Å². The number of hydrogen-bond donors (Lipinski definition) is 0. The van der Waals surface area contributed by atoms with Crippen molar-refractivity contribution in [2.75, 3.05) is 13.1 Å². The standard InChI is InChI=1S/C20H25N5/c1-16-10-17(2)25(22-16)19-8-9-23(13-19)14-20-11-21-15-24(20)12-18-6-4-3-5-7-18/h3-7,10-11,15,19H,8-9,12-14H2,1-2H3. The molecule has 0 bridgehead atoms. The predicted molar refractivity (Wildman–Crippen MR) is 98.4 cm³/mol. The fraction of sp³-hybridized carbons (Fsp3) is 0.400. The van der Waals surface area contributed by atoms with Crippen LogP contribution >= 0.6 is 0 Å². The molecule has 5 nitrogen and oxygen atoms in total. The monoisotopic (exact) mass is 335 g/mol. The highest BCUT2D eigenvalue weighted by Gasteiger charge is 2.26. The minimum Gasteiger partial charge on any atom is -0.329 e. The van der Waals surface area contributed by atoms with Crippen LogP contribution in [0.4, 0.5) is 0 Å². The molecule has 1 atom stereocenters. The molecule has 0 radical (unpaired) electrons. The maximum absolute atomic E-state index is 4.67. The highest BCUT2D eigenvalue weighted by Crippen LogP contribution is 2.24. The summed E-state index contributed by atoms with van der Waals surface area (Å²) in [7, 11) is 0. The van der Waals surface area contributed by atoms with E-state index >= 15 is 0 Å². The average molecular weight is 335 g/mol. The van der Waals surface area contributed by atoms with Crippen LogP contribution in [0.25, 0.3) is 0 Å². The van der Waals surface area contributed by atoms with Gasteiger partial charge in [0.05, 0.1) is 23.8 Å². The zero-order valence-electron chi connectivity index (χ0n) is 15.0. The number of benzene rings is 1. The van der Waals surface area contributed by atoms with Gasteiger partial charge in [0.2, 0.25) is 0 Å². The normalized spacial score (nSPS) is 18.1. The summed E-state index contributed by atoms with van der Waals surface area (Å²) in [5.74, 6) is 0. The molecule has 4 rings (SSSR count). The Labute approximate surface area is 148 Å². The SMILES string of the molecule is Cc1cc(C)n(C2CCN(Cc3cncn3Cc3ccccc3)C2)n1. The van der Waals surface area contributed by atoms with Crippen LogP contribution in [0.15, 0.2) is 48.9 Å². The molecule has 25 heavy (non-hydrogen) atoms. The molecule has 130 valence electrons. The molecule has 1 aliphatic heterocycles. The quantitative estimate of drug-likeness (QED) is 0.719. The van der Waals surface area contributed by atoms with E-state index in [4.69, 9.17) is 0 Å². The second kappa shape index (κ2) is 6.84. The summed E-state index contributed by atoms with van der Waals surface area (Å²) in [6, 6.07) is 13.2. The van der Waals surface area contributed by atoms with Crippen molar-refractivity contribution in [2.45, 2.75) is 39.4 Å². The van der Waals surface area contributed by atoms with Gasteiger partial charge in [-0.2, -0.15) is 5.10 Å². The zero-order chi connectivity index (χ0) is 17.2. The van der Waals surface area contributed by atoms with Crippen LogP contribution < -0.4 is 0 Å². The van der Waals surface area contributed by atoms with E-state index in [-0.39, 0.29) is 0 Å².